The van der Waals surface area contributed by atoms with E-state index < -0.39 is 0 Å². The number of benzene rings is 2. The Bertz CT molecular complexity index is 933. The monoisotopic (exact) mass is 368 g/mol. The SMILES string of the molecule is Cc1ccc(-c2nc3c(s2)CN(C(=O)c2cccc(Cl)c2)CC3)cc1. The van der Waals surface area contributed by atoms with Crippen molar-refractivity contribution in [1.29, 1.82) is 0 Å². The molecule has 1 aromatic heterocycles. The Morgan fingerprint density at radius 1 is 1.20 bits per heavy atom. The molecule has 1 amide bonds. The number of nitrogens with zero attached hydrogens (tertiary/aromatic N) is 2. The molecule has 2 heterocycles. The molecule has 3 aromatic rings. The molecule has 0 saturated carbocycles. The third-order valence-electron chi connectivity index (χ3n) is 4.39. The Morgan fingerprint density at radius 3 is 2.76 bits per heavy atom. The van der Waals surface area contributed by atoms with Crippen LogP contribution in [0.5, 0.6) is 0 Å². The van der Waals surface area contributed by atoms with Crippen molar-refractivity contribution in [3.8, 4) is 10.6 Å². The van der Waals surface area contributed by atoms with Gasteiger partial charge in [0.15, 0.2) is 0 Å². The predicted molar refractivity (Wildman–Crippen MR) is 102 cm³/mol. The minimum absolute atomic E-state index is 0.0263. The second kappa shape index (κ2) is 6.62. The normalized spacial score (nSPS) is 13.6. The Hall–Kier alpha value is -2.17. The number of aryl methyl sites for hydroxylation is 1. The molecular formula is C20H17ClN2OS. The van der Waals surface area contributed by atoms with E-state index in [0.29, 0.717) is 23.7 Å². The fourth-order valence-corrected chi connectivity index (χ4v) is 4.31. The summed E-state index contributed by atoms with van der Waals surface area (Å²) in [7, 11) is 0. The van der Waals surface area contributed by atoms with E-state index >= 15 is 0 Å². The number of amides is 1. The summed E-state index contributed by atoms with van der Waals surface area (Å²) >= 11 is 7.70. The van der Waals surface area contributed by atoms with Gasteiger partial charge in [-0.3, -0.25) is 4.79 Å². The number of carbonyl (C=O) groups is 1. The quantitative estimate of drug-likeness (QED) is 0.639. The van der Waals surface area contributed by atoms with E-state index in [2.05, 4.69) is 31.2 Å². The molecule has 0 atom stereocenters. The lowest BCUT2D eigenvalue weighted by Gasteiger charge is -2.26. The summed E-state index contributed by atoms with van der Waals surface area (Å²) in [5.41, 5.74) is 4.14. The molecule has 3 nitrogen and oxygen atoms in total. The molecule has 0 fully saturated rings. The van der Waals surface area contributed by atoms with Crippen LogP contribution in [0.4, 0.5) is 0 Å². The smallest absolute Gasteiger partial charge is 0.254 e. The summed E-state index contributed by atoms with van der Waals surface area (Å²) in [6.07, 6.45) is 0.796. The first-order valence-electron chi connectivity index (χ1n) is 8.20. The van der Waals surface area contributed by atoms with Crippen LogP contribution in [0, 0.1) is 6.92 Å². The van der Waals surface area contributed by atoms with Gasteiger partial charge in [0.2, 0.25) is 0 Å². The van der Waals surface area contributed by atoms with Crippen molar-refractivity contribution in [3.63, 3.8) is 0 Å². The van der Waals surface area contributed by atoms with Crippen LogP contribution in [0.3, 0.4) is 0 Å². The van der Waals surface area contributed by atoms with E-state index in [1.165, 1.54) is 10.4 Å². The molecule has 0 radical (unpaired) electrons. The molecule has 0 aliphatic carbocycles. The van der Waals surface area contributed by atoms with Crippen molar-refractivity contribution in [3.05, 3.63) is 75.3 Å². The average Bonchev–Trinajstić information content (AvgIpc) is 3.05. The highest BCUT2D eigenvalue weighted by Gasteiger charge is 2.25. The minimum atomic E-state index is 0.0263. The third-order valence-corrected chi connectivity index (χ3v) is 5.76. The lowest BCUT2D eigenvalue weighted by Crippen LogP contribution is -2.35. The molecule has 25 heavy (non-hydrogen) atoms. The van der Waals surface area contributed by atoms with E-state index in [-0.39, 0.29) is 5.91 Å². The van der Waals surface area contributed by atoms with Gasteiger partial charge in [-0.15, -0.1) is 11.3 Å². The molecule has 126 valence electrons. The van der Waals surface area contributed by atoms with Gasteiger partial charge in [0, 0.05) is 34.0 Å². The van der Waals surface area contributed by atoms with E-state index in [1.54, 1.807) is 23.5 Å². The summed E-state index contributed by atoms with van der Waals surface area (Å²) < 4.78 is 0. The van der Waals surface area contributed by atoms with E-state index in [1.807, 2.05) is 17.0 Å². The van der Waals surface area contributed by atoms with Crippen LogP contribution in [0.2, 0.25) is 5.02 Å². The first kappa shape index (κ1) is 16.3. The standard InChI is InChI=1S/C20H17ClN2OS/c1-13-5-7-14(8-6-13)19-22-17-9-10-23(12-18(17)25-19)20(24)15-3-2-4-16(21)11-15/h2-8,11H,9-10,12H2,1H3. The Balaban J connectivity index is 1.57. The zero-order valence-corrected chi connectivity index (χ0v) is 15.4. The van der Waals surface area contributed by atoms with Gasteiger partial charge >= 0.3 is 0 Å². The first-order valence-corrected chi connectivity index (χ1v) is 9.40. The van der Waals surface area contributed by atoms with E-state index in [4.69, 9.17) is 16.6 Å². The molecule has 4 rings (SSSR count). The van der Waals surface area contributed by atoms with Crippen LogP contribution in [0.15, 0.2) is 48.5 Å². The number of rotatable bonds is 2. The number of halogens is 1. The third kappa shape index (κ3) is 3.32. The van der Waals surface area contributed by atoms with E-state index in [9.17, 15) is 4.79 Å². The second-order valence-corrected chi connectivity index (χ2v) is 7.76. The number of thiazole rings is 1. The van der Waals surface area contributed by atoms with Crippen molar-refractivity contribution in [2.75, 3.05) is 6.54 Å². The molecule has 1 aliphatic rings. The van der Waals surface area contributed by atoms with Crippen molar-refractivity contribution in [2.45, 2.75) is 19.9 Å². The topological polar surface area (TPSA) is 33.2 Å². The van der Waals surface area contributed by atoms with Gasteiger partial charge in [-0.2, -0.15) is 0 Å². The summed E-state index contributed by atoms with van der Waals surface area (Å²) in [6.45, 7) is 3.38. The number of aromatic nitrogens is 1. The number of hydrogen-bond acceptors (Lipinski definition) is 3. The van der Waals surface area contributed by atoms with Crippen LogP contribution in [0.25, 0.3) is 10.6 Å². The highest BCUT2D eigenvalue weighted by molar-refractivity contribution is 7.15. The molecule has 5 heteroatoms. The molecule has 0 saturated heterocycles. The van der Waals surface area contributed by atoms with Crippen LogP contribution in [-0.2, 0) is 13.0 Å². The lowest BCUT2D eigenvalue weighted by atomic mass is 10.1. The van der Waals surface area contributed by atoms with Gasteiger partial charge in [-0.1, -0.05) is 47.5 Å². The predicted octanol–water partition coefficient (Wildman–Crippen LogP) is 4.97. The Kier molecular flexibility index (Phi) is 4.32. The maximum atomic E-state index is 12.7. The molecule has 1 aliphatic heterocycles. The average molecular weight is 369 g/mol. The maximum Gasteiger partial charge on any atom is 0.254 e. The van der Waals surface area contributed by atoms with Gasteiger partial charge < -0.3 is 4.90 Å². The summed E-state index contributed by atoms with van der Waals surface area (Å²) in [5.74, 6) is 0.0263. The molecule has 0 N–H and O–H groups in total. The molecule has 0 bridgehead atoms. The van der Waals surface area contributed by atoms with Crippen LogP contribution < -0.4 is 0 Å². The van der Waals surface area contributed by atoms with Crippen LogP contribution in [0.1, 0.15) is 26.5 Å². The van der Waals surface area contributed by atoms with Crippen LogP contribution in [-0.4, -0.2) is 22.3 Å². The largest absolute Gasteiger partial charge is 0.333 e. The zero-order chi connectivity index (χ0) is 17.4. The van der Waals surface area contributed by atoms with Gasteiger partial charge in [-0.05, 0) is 25.1 Å². The Labute approximate surface area is 155 Å². The van der Waals surface area contributed by atoms with Crippen molar-refractivity contribution in [1.82, 2.24) is 9.88 Å². The molecule has 0 unspecified atom stereocenters. The first-order chi connectivity index (χ1) is 12.1. The summed E-state index contributed by atoms with van der Waals surface area (Å²) in [5, 5.41) is 1.62. The van der Waals surface area contributed by atoms with Gasteiger partial charge in [0.25, 0.3) is 5.91 Å². The minimum Gasteiger partial charge on any atom is -0.333 e. The fraction of sp³-hybridized carbons (Fsp3) is 0.200. The van der Waals surface area contributed by atoms with E-state index in [0.717, 1.165) is 22.7 Å². The maximum absolute atomic E-state index is 12.7. The summed E-state index contributed by atoms with van der Waals surface area (Å²) in [4.78, 5) is 20.6. The highest BCUT2D eigenvalue weighted by Crippen LogP contribution is 2.32. The van der Waals surface area contributed by atoms with Crippen molar-refractivity contribution in [2.24, 2.45) is 0 Å². The zero-order valence-electron chi connectivity index (χ0n) is 13.8. The van der Waals surface area contributed by atoms with Crippen molar-refractivity contribution < 1.29 is 4.79 Å². The summed E-state index contributed by atoms with van der Waals surface area (Å²) in [6, 6.07) is 15.5. The van der Waals surface area contributed by atoms with Gasteiger partial charge in [0.05, 0.1) is 12.2 Å². The van der Waals surface area contributed by atoms with Gasteiger partial charge in [-0.25, -0.2) is 4.98 Å². The van der Waals surface area contributed by atoms with Crippen LogP contribution >= 0.6 is 22.9 Å². The molecule has 0 spiro atoms. The van der Waals surface area contributed by atoms with Gasteiger partial charge in [0.1, 0.15) is 5.01 Å². The molecular weight excluding hydrogens is 352 g/mol. The number of fused-ring (bicyclic) bond motifs is 1. The lowest BCUT2D eigenvalue weighted by molar-refractivity contribution is 0.0736. The fourth-order valence-electron chi connectivity index (χ4n) is 2.99. The highest BCUT2D eigenvalue weighted by atomic mass is 35.5. The molecule has 2 aromatic carbocycles. The second-order valence-electron chi connectivity index (χ2n) is 6.24. The Morgan fingerprint density at radius 2 is 2.00 bits per heavy atom. The number of carbonyl (C=O) groups excluding carboxylic acids is 1. The number of hydrogen-bond donors (Lipinski definition) is 0. The van der Waals surface area contributed by atoms with Crippen molar-refractivity contribution >= 4 is 28.8 Å².